The van der Waals surface area contributed by atoms with E-state index in [4.69, 9.17) is 11.6 Å². The summed E-state index contributed by atoms with van der Waals surface area (Å²) in [5.74, 6) is 0.875. The van der Waals surface area contributed by atoms with Gasteiger partial charge in [-0.2, -0.15) is 0 Å². The second kappa shape index (κ2) is 6.36. The van der Waals surface area contributed by atoms with Crippen LogP contribution in [0.25, 0.3) is 0 Å². The van der Waals surface area contributed by atoms with Crippen LogP contribution >= 0.6 is 11.6 Å². The lowest BCUT2D eigenvalue weighted by atomic mass is 10.1. The Morgan fingerprint density at radius 2 is 1.95 bits per heavy atom. The molecular weight excluding hydrogens is 268 g/mol. The maximum absolute atomic E-state index is 6.18. The molecule has 2 nitrogen and oxygen atoms in total. The van der Waals surface area contributed by atoms with Gasteiger partial charge in [0.25, 0.3) is 0 Å². The Labute approximate surface area is 127 Å². The average Bonchev–Trinajstić information content (AvgIpc) is 3.13. The molecule has 0 amide bonds. The first-order chi connectivity index (χ1) is 9.72. The van der Waals surface area contributed by atoms with Crippen LogP contribution in [0.2, 0.25) is 5.02 Å². The molecule has 0 aromatic heterocycles. The van der Waals surface area contributed by atoms with E-state index in [9.17, 15) is 0 Å². The van der Waals surface area contributed by atoms with Crippen molar-refractivity contribution in [2.75, 3.05) is 18.5 Å². The van der Waals surface area contributed by atoms with Crippen molar-refractivity contribution in [1.82, 2.24) is 5.32 Å². The average molecular weight is 293 g/mol. The van der Waals surface area contributed by atoms with E-state index in [0.29, 0.717) is 0 Å². The van der Waals surface area contributed by atoms with Gasteiger partial charge in [0, 0.05) is 36.9 Å². The number of nitrogens with zero attached hydrogens (tertiary/aromatic N) is 1. The standard InChI is InChI=1S/C17H25ClN2/c1-20(12-13-4-2-3-5-13)17-9-6-15(18)10-14(17)11-19-16-7-8-16/h6,9-10,13,16,19H,2-5,7-8,11-12H2,1H3. The molecule has 2 aliphatic carbocycles. The molecule has 0 atom stereocenters. The van der Waals surface area contributed by atoms with Crippen molar-refractivity contribution in [3.63, 3.8) is 0 Å². The number of benzene rings is 1. The van der Waals surface area contributed by atoms with Crippen LogP contribution in [0.15, 0.2) is 18.2 Å². The van der Waals surface area contributed by atoms with Gasteiger partial charge < -0.3 is 10.2 Å². The molecule has 1 aromatic rings. The van der Waals surface area contributed by atoms with Crippen LogP contribution in [0.5, 0.6) is 0 Å². The minimum absolute atomic E-state index is 0.738. The number of hydrogen-bond acceptors (Lipinski definition) is 2. The van der Waals surface area contributed by atoms with Crippen molar-refractivity contribution < 1.29 is 0 Å². The fourth-order valence-corrected chi connectivity index (χ4v) is 3.48. The molecule has 2 fully saturated rings. The normalized spacial score (nSPS) is 19.5. The Balaban J connectivity index is 1.68. The van der Waals surface area contributed by atoms with E-state index in [2.05, 4.69) is 29.4 Å². The molecule has 2 saturated carbocycles. The smallest absolute Gasteiger partial charge is 0.0410 e. The summed E-state index contributed by atoms with van der Waals surface area (Å²) in [6.45, 7) is 2.12. The highest BCUT2D eigenvalue weighted by Crippen LogP contribution is 2.30. The highest BCUT2D eigenvalue weighted by Gasteiger charge is 2.22. The van der Waals surface area contributed by atoms with Gasteiger partial charge in [0.05, 0.1) is 0 Å². The lowest BCUT2D eigenvalue weighted by Crippen LogP contribution is -2.26. The number of anilines is 1. The number of hydrogen-bond donors (Lipinski definition) is 1. The molecule has 0 radical (unpaired) electrons. The van der Waals surface area contributed by atoms with Crippen molar-refractivity contribution in [3.05, 3.63) is 28.8 Å². The second-order valence-corrected chi connectivity index (χ2v) is 6.90. The third-order valence-electron chi connectivity index (χ3n) is 4.62. The van der Waals surface area contributed by atoms with E-state index in [0.717, 1.165) is 23.5 Å². The number of halogens is 1. The molecule has 0 spiro atoms. The largest absolute Gasteiger partial charge is 0.374 e. The van der Waals surface area contributed by atoms with Gasteiger partial charge in [0.15, 0.2) is 0 Å². The van der Waals surface area contributed by atoms with Crippen LogP contribution < -0.4 is 10.2 Å². The SMILES string of the molecule is CN(CC1CCCC1)c1ccc(Cl)cc1CNC1CC1. The Morgan fingerprint density at radius 1 is 1.20 bits per heavy atom. The molecule has 0 bridgehead atoms. The highest BCUT2D eigenvalue weighted by atomic mass is 35.5. The van der Waals surface area contributed by atoms with Gasteiger partial charge in [-0.05, 0) is 55.4 Å². The topological polar surface area (TPSA) is 15.3 Å². The van der Waals surface area contributed by atoms with Crippen LogP contribution in [0.3, 0.4) is 0 Å². The lowest BCUT2D eigenvalue weighted by Gasteiger charge is -2.26. The molecule has 0 unspecified atom stereocenters. The van der Waals surface area contributed by atoms with Gasteiger partial charge >= 0.3 is 0 Å². The van der Waals surface area contributed by atoms with Crippen molar-refractivity contribution >= 4 is 17.3 Å². The van der Waals surface area contributed by atoms with Gasteiger partial charge in [-0.15, -0.1) is 0 Å². The Morgan fingerprint density at radius 3 is 2.65 bits per heavy atom. The minimum atomic E-state index is 0.738. The van der Waals surface area contributed by atoms with Crippen molar-refractivity contribution in [2.24, 2.45) is 5.92 Å². The Bertz CT molecular complexity index is 450. The maximum atomic E-state index is 6.18. The van der Waals surface area contributed by atoms with Crippen molar-refractivity contribution in [3.8, 4) is 0 Å². The first kappa shape index (κ1) is 14.2. The second-order valence-electron chi connectivity index (χ2n) is 6.46. The summed E-state index contributed by atoms with van der Waals surface area (Å²) in [7, 11) is 2.22. The highest BCUT2D eigenvalue weighted by molar-refractivity contribution is 6.30. The summed E-state index contributed by atoms with van der Waals surface area (Å²) in [6.07, 6.45) is 8.27. The van der Waals surface area contributed by atoms with E-state index >= 15 is 0 Å². The molecule has 0 heterocycles. The molecule has 20 heavy (non-hydrogen) atoms. The molecule has 1 N–H and O–H groups in total. The van der Waals surface area contributed by atoms with Crippen LogP contribution in [-0.2, 0) is 6.54 Å². The fraction of sp³-hybridized carbons (Fsp3) is 0.647. The Hall–Kier alpha value is -0.730. The predicted octanol–water partition coefficient (Wildman–Crippen LogP) is 4.22. The van der Waals surface area contributed by atoms with Crippen LogP contribution in [-0.4, -0.2) is 19.6 Å². The monoisotopic (exact) mass is 292 g/mol. The summed E-state index contributed by atoms with van der Waals surface area (Å²) in [5, 5.41) is 4.45. The first-order valence-corrected chi connectivity index (χ1v) is 8.33. The summed E-state index contributed by atoms with van der Waals surface area (Å²) in [5.41, 5.74) is 2.68. The zero-order chi connectivity index (χ0) is 13.9. The van der Waals surface area contributed by atoms with Crippen LogP contribution in [0, 0.1) is 5.92 Å². The molecule has 0 saturated heterocycles. The van der Waals surface area contributed by atoms with E-state index < -0.39 is 0 Å². The molecule has 110 valence electrons. The first-order valence-electron chi connectivity index (χ1n) is 7.95. The van der Waals surface area contributed by atoms with Crippen molar-refractivity contribution in [1.29, 1.82) is 0 Å². The summed E-state index contributed by atoms with van der Waals surface area (Å²) >= 11 is 6.18. The van der Waals surface area contributed by atoms with E-state index in [1.807, 2.05) is 6.07 Å². The molecule has 3 heteroatoms. The van der Waals surface area contributed by atoms with Gasteiger partial charge in [0.2, 0.25) is 0 Å². The van der Waals surface area contributed by atoms with Gasteiger partial charge in [-0.3, -0.25) is 0 Å². The van der Waals surface area contributed by atoms with Gasteiger partial charge in [-0.25, -0.2) is 0 Å². The fourth-order valence-electron chi connectivity index (χ4n) is 3.29. The minimum Gasteiger partial charge on any atom is -0.374 e. The summed E-state index contributed by atoms with van der Waals surface area (Å²) < 4.78 is 0. The third-order valence-corrected chi connectivity index (χ3v) is 4.85. The predicted molar refractivity (Wildman–Crippen MR) is 86.5 cm³/mol. The Kier molecular flexibility index (Phi) is 4.52. The van der Waals surface area contributed by atoms with Gasteiger partial charge in [-0.1, -0.05) is 24.4 Å². The third kappa shape index (κ3) is 3.67. The molecule has 3 rings (SSSR count). The zero-order valence-electron chi connectivity index (χ0n) is 12.4. The lowest BCUT2D eigenvalue weighted by molar-refractivity contribution is 0.545. The van der Waals surface area contributed by atoms with E-state index in [1.165, 1.54) is 56.3 Å². The van der Waals surface area contributed by atoms with E-state index in [1.54, 1.807) is 0 Å². The van der Waals surface area contributed by atoms with Gasteiger partial charge in [0.1, 0.15) is 0 Å². The maximum Gasteiger partial charge on any atom is 0.0410 e. The quantitative estimate of drug-likeness (QED) is 0.844. The number of nitrogens with one attached hydrogen (secondary N) is 1. The molecule has 2 aliphatic rings. The van der Waals surface area contributed by atoms with Crippen molar-refractivity contribution in [2.45, 2.75) is 51.1 Å². The number of rotatable bonds is 6. The molecular formula is C17H25ClN2. The van der Waals surface area contributed by atoms with Crippen LogP contribution in [0.4, 0.5) is 5.69 Å². The zero-order valence-corrected chi connectivity index (χ0v) is 13.1. The van der Waals surface area contributed by atoms with Crippen LogP contribution in [0.1, 0.15) is 44.1 Å². The molecule has 1 aromatic carbocycles. The summed E-state index contributed by atoms with van der Waals surface area (Å²) in [6, 6.07) is 7.06. The summed E-state index contributed by atoms with van der Waals surface area (Å²) in [4.78, 5) is 2.43. The van der Waals surface area contributed by atoms with E-state index in [-0.39, 0.29) is 0 Å². The molecule has 0 aliphatic heterocycles.